The molecule has 1 aliphatic rings. The Bertz CT molecular complexity index is 422. The van der Waals surface area contributed by atoms with Crippen LogP contribution in [0.15, 0.2) is 0 Å². The van der Waals surface area contributed by atoms with E-state index in [1.54, 1.807) is 11.3 Å². The fraction of sp³-hybridized carbons (Fsp3) is 0.692. The van der Waals surface area contributed by atoms with Gasteiger partial charge in [-0.2, -0.15) is 0 Å². The van der Waals surface area contributed by atoms with E-state index in [1.807, 2.05) is 13.8 Å². The van der Waals surface area contributed by atoms with Gasteiger partial charge in [-0.15, -0.1) is 11.3 Å². The molecule has 1 fully saturated rings. The number of carbonyl (C=O) groups excluding carboxylic acids is 1. The standard InChI is InChI=1S/C13H21N3O2S/c1-8-9(2)19-11(16-8)7-15-13(17)12(14)10-3-5-18-6-4-10/h10,12H,3-7,14H2,1-2H3,(H,15,17). The van der Waals surface area contributed by atoms with Crippen LogP contribution in [-0.4, -0.2) is 30.1 Å². The molecule has 0 saturated carbocycles. The number of amides is 1. The Labute approximate surface area is 117 Å². The van der Waals surface area contributed by atoms with E-state index in [2.05, 4.69) is 10.3 Å². The lowest BCUT2D eigenvalue weighted by atomic mass is 9.92. The molecule has 1 aromatic rings. The third-order valence-electron chi connectivity index (χ3n) is 3.56. The predicted octanol–water partition coefficient (Wildman–Crippen LogP) is 1.13. The first-order valence-corrected chi connectivity index (χ1v) is 7.43. The van der Waals surface area contributed by atoms with Crippen molar-refractivity contribution >= 4 is 17.2 Å². The zero-order valence-corrected chi connectivity index (χ0v) is 12.3. The molecule has 3 N–H and O–H groups in total. The van der Waals surface area contributed by atoms with Crippen LogP contribution < -0.4 is 11.1 Å². The normalized spacial score (nSPS) is 18.3. The topological polar surface area (TPSA) is 77.2 Å². The highest BCUT2D eigenvalue weighted by atomic mass is 32.1. The van der Waals surface area contributed by atoms with Gasteiger partial charge in [-0.1, -0.05) is 0 Å². The van der Waals surface area contributed by atoms with Crippen molar-refractivity contribution < 1.29 is 9.53 Å². The van der Waals surface area contributed by atoms with Crippen molar-refractivity contribution in [1.29, 1.82) is 0 Å². The lowest BCUT2D eigenvalue weighted by Gasteiger charge is -2.26. The van der Waals surface area contributed by atoms with Crippen molar-refractivity contribution in [2.45, 2.75) is 39.3 Å². The van der Waals surface area contributed by atoms with Crippen molar-refractivity contribution in [2.75, 3.05) is 13.2 Å². The molecule has 0 bridgehead atoms. The molecule has 1 aliphatic heterocycles. The third kappa shape index (κ3) is 3.75. The molecule has 0 spiro atoms. The summed E-state index contributed by atoms with van der Waals surface area (Å²) in [5.74, 6) is 0.144. The number of thiazole rings is 1. The first-order chi connectivity index (χ1) is 9.08. The summed E-state index contributed by atoms with van der Waals surface area (Å²) in [6.07, 6.45) is 1.73. The van der Waals surface area contributed by atoms with E-state index in [-0.39, 0.29) is 11.8 Å². The van der Waals surface area contributed by atoms with Gasteiger partial charge in [0.1, 0.15) is 5.01 Å². The largest absolute Gasteiger partial charge is 0.381 e. The van der Waals surface area contributed by atoms with E-state index >= 15 is 0 Å². The third-order valence-corrected chi connectivity index (χ3v) is 4.64. The zero-order valence-electron chi connectivity index (χ0n) is 11.4. The molecule has 1 aromatic heterocycles. The number of aryl methyl sites for hydroxylation is 2. The quantitative estimate of drug-likeness (QED) is 0.868. The maximum absolute atomic E-state index is 12.0. The van der Waals surface area contributed by atoms with Gasteiger partial charge in [-0.25, -0.2) is 4.98 Å². The van der Waals surface area contributed by atoms with Crippen LogP contribution in [0.1, 0.15) is 28.4 Å². The number of nitrogens with two attached hydrogens (primary N) is 1. The predicted molar refractivity (Wildman–Crippen MR) is 75.0 cm³/mol. The maximum atomic E-state index is 12.0. The molecule has 19 heavy (non-hydrogen) atoms. The fourth-order valence-corrected chi connectivity index (χ4v) is 3.06. The van der Waals surface area contributed by atoms with Crippen LogP contribution in [0.2, 0.25) is 0 Å². The molecule has 2 rings (SSSR count). The lowest BCUT2D eigenvalue weighted by Crippen LogP contribution is -2.46. The summed E-state index contributed by atoms with van der Waals surface area (Å²) in [6.45, 7) is 5.89. The summed E-state index contributed by atoms with van der Waals surface area (Å²) in [5.41, 5.74) is 7.04. The van der Waals surface area contributed by atoms with Crippen LogP contribution in [0, 0.1) is 19.8 Å². The van der Waals surface area contributed by atoms with Crippen molar-refractivity contribution in [2.24, 2.45) is 11.7 Å². The Balaban J connectivity index is 1.83. The van der Waals surface area contributed by atoms with Gasteiger partial charge in [0, 0.05) is 18.1 Å². The molecular weight excluding hydrogens is 262 g/mol. The van der Waals surface area contributed by atoms with Gasteiger partial charge in [-0.3, -0.25) is 4.79 Å². The summed E-state index contributed by atoms with van der Waals surface area (Å²) in [6, 6.07) is -0.439. The van der Waals surface area contributed by atoms with Crippen molar-refractivity contribution in [3.8, 4) is 0 Å². The Kier molecular flexibility index (Phi) is 4.90. The van der Waals surface area contributed by atoms with Crippen LogP contribution in [-0.2, 0) is 16.1 Å². The SMILES string of the molecule is Cc1nc(CNC(=O)C(N)C2CCOCC2)sc1C. The highest BCUT2D eigenvalue weighted by molar-refractivity contribution is 7.11. The van der Waals surface area contributed by atoms with Crippen LogP contribution >= 0.6 is 11.3 Å². The number of carbonyl (C=O) groups is 1. The summed E-state index contributed by atoms with van der Waals surface area (Å²) >= 11 is 1.62. The number of hydrogen-bond donors (Lipinski definition) is 2. The monoisotopic (exact) mass is 283 g/mol. The fourth-order valence-electron chi connectivity index (χ4n) is 2.18. The van der Waals surface area contributed by atoms with Crippen LogP contribution in [0.25, 0.3) is 0 Å². The average Bonchev–Trinajstić information content (AvgIpc) is 2.75. The first kappa shape index (κ1) is 14.4. The lowest BCUT2D eigenvalue weighted by molar-refractivity contribution is -0.124. The van der Waals surface area contributed by atoms with Gasteiger partial charge in [0.2, 0.25) is 5.91 Å². The van der Waals surface area contributed by atoms with Crippen LogP contribution in [0.4, 0.5) is 0 Å². The Morgan fingerprint density at radius 1 is 1.53 bits per heavy atom. The molecule has 1 saturated heterocycles. The number of ether oxygens (including phenoxy) is 1. The summed E-state index contributed by atoms with van der Waals surface area (Å²) < 4.78 is 5.28. The second-order valence-corrected chi connectivity index (χ2v) is 6.23. The van der Waals surface area contributed by atoms with Gasteiger partial charge < -0.3 is 15.8 Å². The van der Waals surface area contributed by atoms with Gasteiger partial charge >= 0.3 is 0 Å². The highest BCUT2D eigenvalue weighted by Gasteiger charge is 2.26. The van der Waals surface area contributed by atoms with E-state index in [1.165, 1.54) is 4.88 Å². The molecule has 6 heteroatoms. The van der Waals surface area contributed by atoms with Crippen molar-refractivity contribution in [3.63, 3.8) is 0 Å². The smallest absolute Gasteiger partial charge is 0.237 e. The minimum Gasteiger partial charge on any atom is -0.381 e. The maximum Gasteiger partial charge on any atom is 0.237 e. The Morgan fingerprint density at radius 2 is 2.21 bits per heavy atom. The van der Waals surface area contributed by atoms with E-state index in [4.69, 9.17) is 10.5 Å². The summed E-state index contributed by atoms with van der Waals surface area (Å²) in [7, 11) is 0. The number of nitrogens with zero attached hydrogens (tertiary/aromatic N) is 1. The molecule has 2 heterocycles. The molecule has 106 valence electrons. The number of hydrogen-bond acceptors (Lipinski definition) is 5. The molecule has 5 nitrogen and oxygen atoms in total. The number of rotatable bonds is 4. The summed E-state index contributed by atoms with van der Waals surface area (Å²) in [5, 5.41) is 3.81. The van der Waals surface area contributed by atoms with Crippen molar-refractivity contribution in [3.05, 3.63) is 15.6 Å². The molecule has 0 radical (unpaired) electrons. The first-order valence-electron chi connectivity index (χ1n) is 6.62. The molecule has 0 aromatic carbocycles. The molecule has 0 aliphatic carbocycles. The molecule has 1 amide bonds. The van der Waals surface area contributed by atoms with Gasteiger partial charge in [0.05, 0.1) is 18.3 Å². The van der Waals surface area contributed by atoms with E-state index in [0.717, 1.165) is 23.5 Å². The minimum atomic E-state index is -0.439. The van der Waals surface area contributed by atoms with Crippen molar-refractivity contribution in [1.82, 2.24) is 10.3 Å². The van der Waals surface area contributed by atoms with Gasteiger partial charge in [-0.05, 0) is 32.6 Å². The molecule has 1 unspecified atom stereocenters. The zero-order chi connectivity index (χ0) is 13.8. The van der Waals surface area contributed by atoms with Gasteiger partial charge in [0.15, 0.2) is 0 Å². The average molecular weight is 283 g/mol. The van der Waals surface area contributed by atoms with E-state index in [0.29, 0.717) is 19.8 Å². The summed E-state index contributed by atoms with van der Waals surface area (Å²) in [4.78, 5) is 17.6. The second kappa shape index (κ2) is 6.45. The van der Waals surface area contributed by atoms with Crippen LogP contribution in [0.3, 0.4) is 0 Å². The molecular formula is C13H21N3O2S. The highest BCUT2D eigenvalue weighted by Crippen LogP contribution is 2.18. The van der Waals surface area contributed by atoms with E-state index in [9.17, 15) is 4.79 Å². The van der Waals surface area contributed by atoms with E-state index < -0.39 is 6.04 Å². The molecule has 1 atom stereocenters. The Hall–Kier alpha value is -0.980. The second-order valence-electron chi connectivity index (χ2n) is 4.94. The number of aromatic nitrogens is 1. The van der Waals surface area contributed by atoms with Gasteiger partial charge in [0.25, 0.3) is 0 Å². The number of nitrogens with one attached hydrogen (secondary N) is 1. The minimum absolute atomic E-state index is 0.0857. The van der Waals surface area contributed by atoms with Crippen LogP contribution in [0.5, 0.6) is 0 Å². The Morgan fingerprint density at radius 3 is 2.79 bits per heavy atom.